The van der Waals surface area contributed by atoms with Gasteiger partial charge in [-0.15, -0.1) is 0 Å². The summed E-state index contributed by atoms with van der Waals surface area (Å²) in [7, 11) is 0. The van der Waals surface area contributed by atoms with E-state index in [0.717, 1.165) is 0 Å². The summed E-state index contributed by atoms with van der Waals surface area (Å²) in [5.74, 6) is -3.92. The van der Waals surface area contributed by atoms with Crippen LogP contribution in [0.1, 0.15) is 0 Å². The second-order valence-corrected chi connectivity index (χ2v) is 2.34. The largest absolute Gasteiger partial charge is 0.542 e. The lowest BCUT2D eigenvalue weighted by Crippen LogP contribution is -2.49. The van der Waals surface area contributed by atoms with Gasteiger partial charge in [0.15, 0.2) is 0 Å². The Labute approximate surface area is 72.9 Å². The number of carbonyl (C=O) groups is 2. The van der Waals surface area contributed by atoms with Crippen LogP contribution in [0.25, 0.3) is 0 Å². The summed E-state index contributed by atoms with van der Waals surface area (Å²) in [4.78, 5) is 20.3. The average molecular weight is 193 g/mol. The van der Waals surface area contributed by atoms with E-state index in [1.165, 1.54) is 0 Å². The number of aliphatic hydroxyl groups excluding tert-OH is 4. The normalized spacial score (nSPS) is 17.5. The lowest BCUT2D eigenvalue weighted by atomic mass is 10.1. The summed E-state index contributed by atoms with van der Waals surface area (Å²) < 4.78 is 0. The van der Waals surface area contributed by atoms with Crippen molar-refractivity contribution < 1.29 is 35.1 Å². The van der Waals surface area contributed by atoms with Crippen LogP contribution in [-0.2, 0) is 9.59 Å². The number of hydrogen-bond donors (Lipinski definition) is 4. The lowest BCUT2D eigenvalue weighted by Gasteiger charge is -2.20. The lowest BCUT2D eigenvalue weighted by molar-refractivity contribution is -0.301. The topological polar surface area (TPSA) is 138 Å². The fraction of sp³-hybridized carbons (Fsp3) is 0.667. The maximum Gasteiger partial charge on any atom is 0.209 e. The van der Waals surface area contributed by atoms with Gasteiger partial charge >= 0.3 is 0 Å². The molecule has 0 saturated carbocycles. The molecule has 0 aliphatic heterocycles. The molecule has 3 atom stereocenters. The molecule has 0 heterocycles. The first-order chi connectivity index (χ1) is 5.91. The van der Waals surface area contributed by atoms with Crippen LogP contribution in [0.5, 0.6) is 0 Å². The molecule has 0 aliphatic rings. The molecule has 4 N–H and O–H groups in total. The van der Waals surface area contributed by atoms with E-state index in [-0.39, 0.29) is 0 Å². The molecule has 0 aromatic carbocycles. The van der Waals surface area contributed by atoms with Crippen molar-refractivity contribution in [3.05, 3.63) is 0 Å². The SMILES string of the molecule is O=C([O-])C(=O)[C@@H](O)[C@@H](O)[C@H](O)CO. The van der Waals surface area contributed by atoms with E-state index < -0.39 is 36.7 Å². The third-order valence-corrected chi connectivity index (χ3v) is 1.37. The van der Waals surface area contributed by atoms with Crippen molar-refractivity contribution in [1.82, 2.24) is 0 Å². The molecule has 0 amide bonds. The Hall–Kier alpha value is -1.02. The number of aliphatic carboxylic acids is 1. The van der Waals surface area contributed by atoms with Crippen molar-refractivity contribution in [3.63, 3.8) is 0 Å². The van der Waals surface area contributed by atoms with Gasteiger partial charge < -0.3 is 30.3 Å². The number of Topliss-reactive ketones (excluding diaryl/α,β-unsaturated/α-hetero) is 1. The third kappa shape index (κ3) is 3.07. The summed E-state index contributed by atoms with van der Waals surface area (Å²) in [6.45, 7) is -0.904. The number of ketones is 1. The Morgan fingerprint density at radius 2 is 1.69 bits per heavy atom. The van der Waals surface area contributed by atoms with Crippen LogP contribution < -0.4 is 5.11 Å². The Bertz CT molecular complexity index is 201. The Kier molecular flexibility index (Phi) is 4.49. The van der Waals surface area contributed by atoms with Crippen LogP contribution in [0.15, 0.2) is 0 Å². The highest BCUT2D eigenvalue weighted by Gasteiger charge is 2.30. The predicted octanol–water partition coefficient (Wildman–Crippen LogP) is -4.62. The molecule has 0 bridgehead atoms. The summed E-state index contributed by atoms with van der Waals surface area (Å²) in [5.41, 5.74) is 0. The fourth-order valence-corrected chi connectivity index (χ4v) is 0.594. The first-order valence-corrected chi connectivity index (χ1v) is 3.32. The van der Waals surface area contributed by atoms with Crippen molar-refractivity contribution in [1.29, 1.82) is 0 Å². The van der Waals surface area contributed by atoms with Gasteiger partial charge in [0.25, 0.3) is 0 Å². The van der Waals surface area contributed by atoms with Crippen LogP contribution in [0.4, 0.5) is 0 Å². The molecule has 7 nitrogen and oxygen atoms in total. The minimum atomic E-state index is -2.30. The van der Waals surface area contributed by atoms with Crippen molar-refractivity contribution >= 4 is 11.8 Å². The number of hydrogen-bond acceptors (Lipinski definition) is 7. The van der Waals surface area contributed by atoms with E-state index >= 15 is 0 Å². The minimum Gasteiger partial charge on any atom is -0.542 e. The van der Waals surface area contributed by atoms with E-state index in [1.807, 2.05) is 0 Å². The van der Waals surface area contributed by atoms with Crippen LogP contribution in [-0.4, -0.2) is 57.1 Å². The van der Waals surface area contributed by atoms with Gasteiger partial charge in [-0.2, -0.15) is 0 Å². The molecule has 0 aromatic heterocycles. The average Bonchev–Trinajstić information content (AvgIpc) is 2.12. The molecule has 13 heavy (non-hydrogen) atoms. The Morgan fingerprint density at radius 3 is 2.00 bits per heavy atom. The molecule has 0 aromatic rings. The zero-order valence-corrected chi connectivity index (χ0v) is 6.45. The molecular weight excluding hydrogens is 184 g/mol. The van der Waals surface area contributed by atoms with Gasteiger partial charge in [0.1, 0.15) is 24.3 Å². The van der Waals surface area contributed by atoms with E-state index in [4.69, 9.17) is 20.4 Å². The third-order valence-electron chi connectivity index (χ3n) is 1.37. The molecule has 7 heteroatoms. The highest BCUT2D eigenvalue weighted by molar-refractivity contribution is 6.33. The van der Waals surface area contributed by atoms with E-state index in [2.05, 4.69) is 0 Å². The number of carboxylic acid groups (broad SMARTS) is 1. The van der Waals surface area contributed by atoms with Gasteiger partial charge in [-0.3, -0.25) is 4.79 Å². The van der Waals surface area contributed by atoms with E-state index in [1.54, 1.807) is 0 Å². The van der Waals surface area contributed by atoms with Gasteiger partial charge in [0.05, 0.1) is 6.61 Å². The van der Waals surface area contributed by atoms with Crippen molar-refractivity contribution in [2.75, 3.05) is 6.61 Å². The maximum atomic E-state index is 10.4. The summed E-state index contributed by atoms with van der Waals surface area (Å²) in [6.07, 6.45) is -6.12. The van der Waals surface area contributed by atoms with Crippen LogP contribution >= 0.6 is 0 Å². The minimum absolute atomic E-state index is 0.904. The van der Waals surface area contributed by atoms with Crippen LogP contribution in [0.3, 0.4) is 0 Å². The quantitative estimate of drug-likeness (QED) is 0.322. The van der Waals surface area contributed by atoms with Crippen molar-refractivity contribution in [2.45, 2.75) is 18.3 Å². The van der Waals surface area contributed by atoms with E-state index in [0.29, 0.717) is 0 Å². The van der Waals surface area contributed by atoms with E-state index in [9.17, 15) is 14.7 Å². The molecule has 0 spiro atoms. The highest BCUT2D eigenvalue weighted by atomic mass is 16.4. The summed E-state index contributed by atoms with van der Waals surface area (Å²) in [6, 6.07) is 0. The summed E-state index contributed by atoms with van der Waals surface area (Å²) in [5, 5.41) is 44.5. The number of carbonyl (C=O) groups excluding carboxylic acids is 2. The zero-order valence-electron chi connectivity index (χ0n) is 6.45. The standard InChI is InChI=1S/C6H10O7/c7-1-2(8)3(9)4(10)5(11)6(12)13/h2-4,7-10H,1H2,(H,12,13)/p-1/t2-,3+,4+/m1/s1. The first kappa shape index (κ1) is 12.0. The van der Waals surface area contributed by atoms with Gasteiger partial charge in [0, 0.05) is 0 Å². The fourth-order valence-electron chi connectivity index (χ4n) is 0.594. The van der Waals surface area contributed by atoms with Crippen LogP contribution in [0.2, 0.25) is 0 Å². The van der Waals surface area contributed by atoms with Crippen molar-refractivity contribution in [2.24, 2.45) is 0 Å². The second kappa shape index (κ2) is 4.87. The highest BCUT2D eigenvalue weighted by Crippen LogP contribution is 2.00. The molecule has 0 rings (SSSR count). The summed E-state index contributed by atoms with van der Waals surface area (Å²) >= 11 is 0. The number of aliphatic hydroxyl groups is 4. The zero-order chi connectivity index (χ0) is 10.6. The van der Waals surface area contributed by atoms with Crippen LogP contribution in [0, 0.1) is 0 Å². The molecule has 0 fully saturated rings. The second-order valence-electron chi connectivity index (χ2n) is 2.34. The molecule has 0 radical (unpaired) electrons. The van der Waals surface area contributed by atoms with Gasteiger partial charge in [0.2, 0.25) is 5.78 Å². The molecular formula is C6H9O7-. The predicted molar refractivity (Wildman–Crippen MR) is 35.1 cm³/mol. The van der Waals surface area contributed by atoms with Gasteiger partial charge in [-0.05, 0) is 0 Å². The molecule has 0 saturated heterocycles. The van der Waals surface area contributed by atoms with Crippen molar-refractivity contribution in [3.8, 4) is 0 Å². The molecule has 0 aliphatic carbocycles. The molecule has 0 unspecified atom stereocenters. The maximum absolute atomic E-state index is 10.4. The monoisotopic (exact) mass is 193 g/mol. The Balaban J connectivity index is 4.33. The Morgan fingerprint density at radius 1 is 1.23 bits per heavy atom. The first-order valence-electron chi connectivity index (χ1n) is 3.32. The molecule has 76 valence electrons. The number of carboxylic acids is 1. The smallest absolute Gasteiger partial charge is 0.209 e. The number of rotatable bonds is 5. The van der Waals surface area contributed by atoms with Gasteiger partial charge in [-0.25, -0.2) is 0 Å². The van der Waals surface area contributed by atoms with Gasteiger partial charge in [-0.1, -0.05) is 0 Å².